The van der Waals surface area contributed by atoms with Crippen molar-refractivity contribution < 1.29 is 82.4 Å². The molecule has 5 amide bonds. The number of hydrogen-bond donors (Lipinski definition) is 8. The molecule has 6 heterocycles. The fraction of sp³-hybridized carbons (Fsp3) is 0.396. The number of ether oxygens (including phenoxy) is 4. The van der Waals surface area contributed by atoms with Crippen molar-refractivity contribution >= 4 is 58.3 Å². The Morgan fingerprint density at radius 2 is 1.75 bits per heavy atom. The summed E-state index contributed by atoms with van der Waals surface area (Å²) in [4.78, 5) is 110. The molecule has 4 aliphatic heterocycles. The van der Waals surface area contributed by atoms with Crippen LogP contribution in [0.15, 0.2) is 47.3 Å². The number of alkyl carbamates (subject to hydrolysis) is 1. The van der Waals surface area contributed by atoms with Crippen LogP contribution in [0.4, 0.5) is 14.9 Å². The summed E-state index contributed by atoms with van der Waals surface area (Å²) in [7, 11) is 1.21. The lowest BCUT2D eigenvalue weighted by molar-refractivity contribution is -0.271. The van der Waals surface area contributed by atoms with E-state index in [2.05, 4.69) is 10.6 Å². The van der Waals surface area contributed by atoms with Crippen molar-refractivity contribution in [3.63, 3.8) is 0 Å². The Kier molecular flexibility index (Phi) is 13.1. The smallest absolute Gasteiger partial charge is 0.407 e. The van der Waals surface area contributed by atoms with Crippen molar-refractivity contribution in [2.75, 3.05) is 25.5 Å². The number of rotatable bonds is 13. The van der Waals surface area contributed by atoms with Crippen molar-refractivity contribution in [1.82, 2.24) is 24.7 Å². The summed E-state index contributed by atoms with van der Waals surface area (Å²) in [6, 6.07) is 4.42. The van der Waals surface area contributed by atoms with Gasteiger partial charge in [0.15, 0.2) is 11.7 Å². The van der Waals surface area contributed by atoms with Crippen LogP contribution < -0.4 is 26.7 Å². The molecule has 4 aromatic rings. The fourth-order valence-electron chi connectivity index (χ4n) is 9.95. The fourth-order valence-corrected chi connectivity index (χ4v) is 9.95. The number of cyclic esters (lactones) is 1. The molecule has 25 heteroatoms. The molecule has 9 rings (SSSR count). The van der Waals surface area contributed by atoms with E-state index >= 15 is 4.39 Å². The number of esters is 1. The first-order chi connectivity index (χ1) is 34.7. The van der Waals surface area contributed by atoms with Gasteiger partial charge in [-0.05, 0) is 66.6 Å². The summed E-state index contributed by atoms with van der Waals surface area (Å²) in [5.41, 5.74) is 6.22. The number of aryl methyl sites for hydroxylation is 1. The Morgan fingerprint density at radius 1 is 1.03 bits per heavy atom. The number of benzene rings is 2. The molecular formula is C48H48FN7O17. The van der Waals surface area contributed by atoms with Crippen molar-refractivity contribution in [2.45, 2.75) is 101 Å². The molecule has 1 saturated heterocycles. The average Bonchev–Trinajstić information content (AvgIpc) is 3.90. The Morgan fingerprint density at radius 3 is 2.44 bits per heavy atom. The normalized spacial score (nSPS) is 24.1. The number of nitrogens with two attached hydrogens (primary N) is 1. The van der Waals surface area contributed by atoms with Crippen LogP contribution in [0.25, 0.3) is 22.3 Å². The molecule has 8 atom stereocenters. The first-order valence-corrected chi connectivity index (χ1v) is 22.9. The summed E-state index contributed by atoms with van der Waals surface area (Å²) in [5.74, 6) is -6.74. The number of carboxylic acid groups (broad SMARTS) is 1. The topological polar surface area (TPSA) is 349 Å². The van der Waals surface area contributed by atoms with Crippen molar-refractivity contribution in [2.24, 2.45) is 5.73 Å². The number of aromatic nitrogens is 2. The number of aliphatic hydroxyl groups is 4. The van der Waals surface area contributed by atoms with Gasteiger partial charge in [-0.1, -0.05) is 13.0 Å². The Balaban J connectivity index is 0.981. The molecule has 1 aliphatic carbocycles. The molecule has 0 radical (unpaired) electrons. The first kappa shape index (κ1) is 50.3. The van der Waals surface area contributed by atoms with Crippen LogP contribution in [0, 0.1) is 12.7 Å². The number of aliphatic hydroxyl groups excluding tert-OH is 3. The van der Waals surface area contributed by atoms with Crippen LogP contribution in [0.5, 0.6) is 5.75 Å². The van der Waals surface area contributed by atoms with Gasteiger partial charge < -0.3 is 70.3 Å². The van der Waals surface area contributed by atoms with Gasteiger partial charge in [-0.2, -0.15) is 0 Å². The number of carbonyl (C=O) groups is 7. The summed E-state index contributed by atoms with van der Waals surface area (Å²) < 4.78 is 38.8. The zero-order chi connectivity index (χ0) is 52.5. The number of pyridine rings is 2. The van der Waals surface area contributed by atoms with E-state index in [-0.39, 0.29) is 71.0 Å². The number of fused-ring (bicyclic) bond motifs is 5. The maximum atomic E-state index is 15.5. The molecule has 24 nitrogen and oxygen atoms in total. The van der Waals surface area contributed by atoms with Gasteiger partial charge in [-0.25, -0.2) is 23.8 Å². The van der Waals surface area contributed by atoms with E-state index < -0.39 is 121 Å². The minimum Gasteiger partial charge on any atom is -0.479 e. The van der Waals surface area contributed by atoms with Crippen LogP contribution in [0.3, 0.4) is 0 Å². The van der Waals surface area contributed by atoms with Gasteiger partial charge in [-0.3, -0.25) is 28.9 Å². The van der Waals surface area contributed by atoms with E-state index in [1.54, 1.807) is 13.8 Å². The van der Waals surface area contributed by atoms with Crippen LogP contribution in [0.2, 0.25) is 0 Å². The van der Waals surface area contributed by atoms with E-state index in [0.29, 0.717) is 39.0 Å². The number of amides is 5. The molecule has 1 fully saturated rings. The van der Waals surface area contributed by atoms with E-state index in [4.69, 9.17) is 29.7 Å². The molecule has 3 unspecified atom stereocenters. The Bertz CT molecular complexity index is 3140. The lowest BCUT2D eigenvalue weighted by Gasteiger charge is -2.38. The SMILES string of the molecule is CC[C@@]1(O)C(=O)OCc2c1cc1n(c2=O)Cc2c-1nc1cc(F)c(C)c3c1c2[C@@H](NC(=O)OCc1ccc(O[C@H]2OC(C(=O)O)[C@@H](O)C(O)C2O)c(NC(=O)CN(C)C(=O)[C@H](CN)N2C(=O)C=CC2=O)c1)CC3. The zero-order valence-corrected chi connectivity index (χ0v) is 39.1. The highest BCUT2D eigenvalue weighted by Gasteiger charge is 2.49. The quantitative estimate of drug-likeness (QED) is 0.0537. The van der Waals surface area contributed by atoms with Crippen LogP contribution in [-0.4, -0.2) is 143 Å². The Labute approximate surface area is 411 Å². The number of anilines is 1. The highest BCUT2D eigenvalue weighted by molar-refractivity contribution is 6.15. The maximum Gasteiger partial charge on any atom is 0.407 e. The second-order valence-electron chi connectivity index (χ2n) is 18.2. The lowest BCUT2D eigenvalue weighted by Crippen LogP contribution is -2.61. The number of likely N-dealkylation sites (N-methyl/N-ethyl adjacent to an activating group) is 1. The number of imide groups is 1. The molecule has 0 bridgehead atoms. The van der Waals surface area contributed by atoms with Crippen LogP contribution in [0.1, 0.15) is 64.8 Å². The second kappa shape index (κ2) is 19.1. The molecule has 9 N–H and O–H groups in total. The summed E-state index contributed by atoms with van der Waals surface area (Å²) in [5, 5.41) is 58.3. The third-order valence-corrected chi connectivity index (χ3v) is 13.8. The average molecular weight is 1010 g/mol. The summed E-state index contributed by atoms with van der Waals surface area (Å²) >= 11 is 0. The third-order valence-electron chi connectivity index (χ3n) is 13.8. The number of aliphatic carboxylic acids is 1. The molecule has 73 heavy (non-hydrogen) atoms. The molecule has 384 valence electrons. The maximum absolute atomic E-state index is 15.5. The van der Waals surface area contributed by atoms with Gasteiger partial charge in [0.2, 0.25) is 18.1 Å². The van der Waals surface area contributed by atoms with E-state index in [1.165, 1.54) is 41.9 Å². The minimum absolute atomic E-state index is 0.0220. The summed E-state index contributed by atoms with van der Waals surface area (Å²) in [6.45, 7) is 1.18. The first-order valence-electron chi connectivity index (χ1n) is 22.9. The van der Waals surface area contributed by atoms with E-state index in [1.807, 2.05) is 0 Å². The van der Waals surface area contributed by atoms with Gasteiger partial charge in [-0.15, -0.1) is 0 Å². The standard InChI is InChI=1S/C48H48FN7O17/c1-4-48(69)24-12-29-37-22(15-55(29)42(63)23(24)18-70-46(48)67)36-26(7-6-21-19(2)25(49)13-28(52-37)35(21)36)53-47(68)71-17-20-5-8-31(72-45-40(62)38(60)39(61)41(73-45)44(65)66)27(11-20)51-32(57)16-54(3)43(64)30(14-50)56-33(58)9-10-34(56)59/h5,8-13,26,30,38-41,45,60-62,69H,4,6-7,14-18,50H2,1-3H3,(H,51,57)(H,53,68)(H,65,66)/t26-,30-,38?,39-,40?,41?,45-,48-/m0/s1. The molecule has 2 aromatic carbocycles. The van der Waals surface area contributed by atoms with Crippen molar-refractivity contribution in [3.8, 4) is 17.1 Å². The molecule has 5 aliphatic rings. The van der Waals surface area contributed by atoms with Crippen LogP contribution >= 0.6 is 0 Å². The number of halogens is 1. The van der Waals surface area contributed by atoms with E-state index in [0.717, 1.165) is 17.1 Å². The van der Waals surface area contributed by atoms with E-state index in [9.17, 15) is 63.9 Å². The largest absolute Gasteiger partial charge is 0.479 e. The van der Waals surface area contributed by atoms with Gasteiger partial charge in [0.25, 0.3) is 17.4 Å². The van der Waals surface area contributed by atoms with Crippen LogP contribution in [-0.2, 0) is 74.8 Å². The van der Waals surface area contributed by atoms with Gasteiger partial charge in [0.05, 0.1) is 47.3 Å². The number of nitrogens with one attached hydrogen (secondary N) is 2. The lowest BCUT2D eigenvalue weighted by atomic mass is 9.81. The number of nitrogens with zero attached hydrogens (tertiary/aromatic N) is 4. The van der Waals surface area contributed by atoms with Gasteiger partial charge >= 0.3 is 18.0 Å². The number of carbonyl (C=O) groups excluding carboxylic acids is 6. The predicted octanol–water partition coefficient (Wildman–Crippen LogP) is -0.639. The molecule has 0 saturated carbocycles. The predicted molar refractivity (Wildman–Crippen MR) is 245 cm³/mol. The molecular weight excluding hydrogens is 966 g/mol. The van der Waals surface area contributed by atoms with Crippen molar-refractivity contribution in [3.05, 3.63) is 97.6 Å². The monoisotopic (exact) mass is 1010 g/mol. The van der Waals surface area contributed by atoms with Gasteiger partial charge in [0, 0.05) is 48.3 Å². The third kappa shape index (κ3) is 8.61. The highest BCUT2D eigenvalue weighted by Crippen LogP contribution is 2.46. The number of carboxylic acids is 1. The highest BCUT2D eigenvalue weighted by atomic mass is 19.1. The second-order valence-corrected chi connectivity index (χ2v) is 18.2. The number of hydrogen-bond acceptors (Lipinski definition) is 18. The Hall–Kier alpha value is -7.68. The van der Waals surface area contributed by atoms with Gasteiger partial charge in [0.1, 0.15) is 49.1 Å². The molecule has 2 aromatic heterocycles. The molecule has 0 spiro atoms. The summed E-state index contributed by atoms with van der Waals surface area (Å²) in [6.07, 6.45) is -8.62. The zero-order valence-electron chi connectivity index (χ0n) is 39.1. The minimum atomic E-state index is -2.10. The van der Waals surface area contributed by atoms with Crippen molar-refractivity contribution in [1.29, 1.82) is 0 Å².